The fourth-order valence-electron chi connectivity index (χ4n) is 4.64. The van der Waals surface area contributed by atoms with E-state index in [1.807, 2.05) is 24.4 Å². The smallest absolute Gasteiger partial charge is 0.337 e. The van der Waals surface area contributed by atoms with Crippen LogP contribution in [0.25, 0.3) is 22.4 Å². The van der Waals surface area contributed by atoms with Crippen LogP contribution in [0.15, 0.2) is 70.6 Å². The van der Waals surface area contributed by atoms with Crippen LogP contribution in [-0.2, 0) is 7.05 Å². The Morgan fingerprint density at radius 1 is 0.971 bits per heavy atom. The van der Waals surface area contributed by atoms with E-state index < -0.39 is 11.2 Å². The summed E-state index contributed by atoms with van der Waals surface area (Å²) in [5, 5.41) is 11.7. The van der Waals surface area contributed by atoms with Gasteiger partial charge in [-0.05, 0) is 55.7 Å². The zero-order valence-electron chi connectivity index (χ0n) is 19.0. The van der Waals surface area contributed by atoms with Crippen LogP contribution in [0.1, 0.15) is 19.3 Å². The van der Waals surface area contributed by atoms with Crippen molar-refractivity contribution < 1.29 is 0 Å². The quantitative estimate of drug-likeness (QED) is 0.400. The molecule has 6 rings (SSSR count). The van der Waals surface area contributed by atoms with Crippen molar-refractivity contribution in [2.75, 3.05) is 10.6 Å². The fourth-order valence-corrected chi connectivity index (χ4v) is 4.64. The standard InChI is InChI=1S/C24H23N9O2/c1-31-21-18(5-4-11-25-21)22(34)33(24(31)35)17-9-10-19(26-14-17)27-15-7-8-16(13-15)28-23-29-20-6-2-3-12-32(20)30-23/h2-6,9-12,14-16H,7-8,13H2,1H3,(H,26,27)(H,28,30)/t15-,16-/m0/s1. The fraction of sp³-hybridized carbons (Fsp3) is 0.250. The summed E-state index contributed by atoms with van der Waals surface area (Å²) in [7, 11) is 1.60. The minimum Gasteiger partial charge on any atom is -0.367 e. The molecule has 5 heterocycles. The van der Waals surface area contributed by atoms with Crippen LogP contribution in [0.3, 0.4) is 0 Å². The van der Waals surface area contributed by atoms with Crippen molar-refractivity contribution in [1.82, 2.24) is 33.7 Å². The summed E-state index contributed by atoms with van der Waals surface area (Å²) in [4.78, 5) is 38.9. The average molecular weight is 470 g/mol. The molecule has 0 aromatic carbocycles. The summed E-state index contributed by atoms with van der Waals surface area (Å²) in [5.41, 5.74) is 0.700. The van der Waals surface area contributed by atoms with Crippen molar-refractivity contribution in [1.29, 1.82) is 0 Å². The van der Waals surface area contributed by atoms with Crippen LogP contribution in [0.2, 0.25) is 0 Å². The third-order valence-corrected chi connectivity index (χ3v) is 6.38. The van der Waals surface area contributed by atoms with Gasteiger partial charge in [0.1, 0.15) is 11.5 Å². The molecule has 0 radical (unpaired) electrons. The number of nitrogens with one attached hydrogen (secondary N) is 2. The minimum atomic E-state index is -0.464. The lowest BCUT2D eigenvalue weighted by Crippen LogP contribution is -2.38. The van der Waals surface area contributed by atoms with E-state index in [4.69, 9.17) is 0 Å². The Morgan fingerprint density at radius 3 is 2.63 bits per heavy atom. The molecule has 0 aliphatic heterocycles. The van der Waals surface area contributed by atoms with Gasteiger partial charge < -0.3 is 10.6 Å². The van der Waals surface area contributed by atoms with Crippen molar-refractivity contribution in [3.8, 4) is 5.69 Å². The van der Waals surface area contributed by atoms with Gasteiger partial charge in [-0.1, -0.05) is 6.07 Å². The van der Waals surface area contributed by atoms with E-state index in [0.29, 0.717) is 28.5 Å². The van der Waals surface area contributed by atoms with E-state index in [0.717, 1.165) is 29.5 Å². The molecule has 11 heteroatoms. The SMILES string of the molecule is Cn1c(=O)n(-c2ccc(N[C@H]3CC[C@H](Nc4nc5ccccn5n4)C3)nc2)c(=O)c2cccnc21. The summed E-state index contributed by atoms with van der Waals surface area (Å²) in [6.45, 7) is 0. The maximum absolute atomic E-state index is 13.0. The Morgan fingerprint density at radius 2 is 1.83 bits per heavy atom. The van der Waals surface area contributed by atoms with E-state index in [1.165, 1.54) is 4.57 Å². The lowest BCUT2D eigenvalue weighted by atomic mass is 10.2. The monoisotopic (exact) mass is 469 g/mol. The Kier molecular flexibility index (Phi) is 5.02. The van der Waals surface area contributed by atoms with Crippen molar-refractivity contribution in [3.05, 3.63) is 81.9 Å². The van der Waals surface area contributed by atoms with Crippen LogP contribution in [-0.4, -0.2) is 45.8 Å². The molecule has 2 N–H and O–H groups in total. The lowest BCUT2D eigenvalue weighted by molar-refractivity contribution is 0.716. The first-order valence-corrected chi connectivity index (χ1v) is 11.4. The summed E-state index contributed by atoms with van der Waals surface area (Å²) in [6.07, 6.45) is 7.84. The van der Waals surface area contributed by atoms with Gasteiger partial charge in [-0.3, -0.25) is 9.36 Å². The van der Waals surface area contributed by atoms with Crippen LogP contribution in [0.5, 0.6) is 0 Å². The second-order valence-corrected chi connectivity index (χ2v) is 8.69. The first-order valence-electron chi connectivity index (χ1n) is 11.4. The molecule has 1 aliphatic carbocycles. The largest absolute Gasteiger partial charge is 0.367 e. The third kappa shape index (κ3) is 3.80. The Labute approximate surface area is 199 Å². The number of aryl methyl sites for hydroxylation is 1. The van der Waals surface area contributed by atoms with Crippen molar-refractivity contribution in [2.45, 2.75) is 31.3 Å². The zero-order chi connectivity index (χ0) is 23.9. The predicted molar refractivity (Wildman–Crippen MR) is 132 cm³/mol. The van der Waals surface area contributed by atoms with E-state index in [-0.39, 0.29) is 12.1 Å². The highest BCUT2D eigenvalue weighted by molar-refractivity contribution is 5.73. The molecule has 1 fully saturated rings. The van der Waals surface area contributed by atoms with Gasteiger partial charge in [0.15, 0.2) is 5.65 Å². The van der Waals surface area contributed by atoms with Crippen LogP contribution < -0.4 is 21.9 Å². The highest BCUT2D eigenvalue weighted by atomic mass is 16.2. The summed E-state index contributed by atoms with van der Waals surface area (Å²) >= 11 is 0. The molecule has 5 aromatic rings. The molecule has 0 spiro atoms. The number of hydrogen-bond acceptors (Lipinski definition) is 8. The van der Waals surface area contributed by atoms with Crippen LogP contribution >= 0.6 is 0 Å². The van der Waals surface area contributed by atoms with E-state index in [1.54, 1.807) is 48.2 Å². The van der Waals surface area contributed by atoms with E-state index >= 15 is 0 Å². The number of pyridine rings is 3. The summed E-state index contributed by atoms with van der Waals surface area (Å²) in [5.74, 6) is 1.32. The average Bonchev–Trinajstić information content (AvgIpc) is 3.50. The van der Waals surface area contributed by atoms with Gasteiger partial charge in [0.2, 0.25) is 5.95 Å². The van der Waals surface area contributed by atoms with Gasteiger partial charge in [0.25, 0.3) is 5.56 Å². The van der Waals surface area contributed by atoms with Crippen molar-refractivity contribution >= 4 is 28.4 Å². The first kappa shape index (κ1) is 21.0. The summed E-state index contributed by atoms with van der Waals surface area (Å²) < 4.78 is 4.24. The molecule has 0 unspecified atom stereocenters. The van der Waals surface area contributed by atoms with Gasteiger partial charge in [-0.25, -0.2) is 23.8 Å². The Bertz CT molecular complexity index is 1620. The number of fused-ring (bicyclic) bond motifs is 2. The normalized spacial score (nSPS) is 17.7. The molecule has 1 aliphatic rings. The number of aromatic nitrogens is 7. The highest BCUT2D eigenvalue weighted by Crippen LogP contribution is 2.25. The number of anilines is 2. The minimum absolute atomic E-state index is 0.241. The van der Waals surface area contributed by atoms with Gasteiger partial charge in [0.05, 0.1) is 17.3 Å². The third-order valence-electron chi connectivity index (χ3n) is 6.38. The maximum Gasteiger partial charge on any atom is 0.337 e. The molecule has 11 nitrogen and oxygen atoms in total. The number of nitrogens with zero attached hydrogens (tertiary/aromatic N) is 7. The molecular weight excluding hydrogens is 446 g/mol. The molecule has 2 atom stereocenters. The van der Waals surface area contributed by atoms with Gasteiger partial charge in [0, 0.05) is 31.5 Å². The Hall–Kier alpha value is -4.54. The molecule has 176 valence electrons. The lowest BCUT2D eigenvalue weighted by Gasteiger charge is -2.15. The maximum atomic E-state index is 13.0. The molecular formula is C24H23N9O2. The number of rotatable bonds is 5. The van der Waals surface area contributed by atoms with Gasteiger partial charge in [-0.15, -0.1) is 5.10 Å². The second-order valence-electron chi connectivity index (χ2n) is 8.69. The van der Waals surface area contributed by atoms with Gasteiger partial charge in [-0.2, -0.15) is 4.98 Å². The van der Waals surface area contributed by atoms with Gasteiger partial charge >= 0.3 is 5.69 Å². The van der Waals surface area contributed by atoms with Crippen molar-refractivity contribution in [2.24, 2.45) is 7.05 Å². The topological polar surface area (TPSA) is 124 Å². The first-order chi connectivity index (χ1) is 17.1. The molecule has 1 saturated carbocycles. The number of hydrogen-bond donors (Lipinski definition) is 2. The predicted octanol–water partition coefficient (Wildman–Crippen LogP) is 1.97. The van der Waals surface area contributed by atoms with E-state index in [9.17, 15) is 9.59 Å². The molecule has 35 heavy (non-hydrogen) atoms. The summed E-state index contributed by atoms with van der Waals surface area (Å²) in [6, 6.07) is 13.1. The van der Waals surface area contributed by atoms with Crippen LogP contribution in [0.4, 0.5) is 11.8 Å². The molecule has 5 aromatic heterocycles. The van der Waals surface area contributed by atoms with Crippen LogP contribution in [0, 0.1) is 0 Å². The molecule has 0 amide bonds. The highest BCUT2D eigenvalue weighted by Gasteiger charge is 2.26. The van der Waals surface area contributed by atoms with E-state index in [2.05, 4.69) is 30.7 Å². The zero-order valence-corrected chi connectivity index (χ0v) is 19.0. The second kappa shape index (κ2) is 8.35. The van der Waals surface area contributed by atoms with Crippen molar-refractivity contribution in [3.63, 3.8) is 0 Å². The Balaban J connectivity index is 1.16. The molecule has 0 saturated heterocycles. The molecule has 0 bridgehead atoms.